The lowest BCUT2D eigenvalue weighted by Crippen LogP contribution is -2.39. The zero-order valence-electron chi connectivity index (χ0n) is 12.8. The van der Waals surface area contributed by atoms with E-state index in [9.17, 15) is 0 Å². The van der Waals surface area contributed by atoms with E-state index in [-0.39, 0.29) is 0 Å². The highest BCUT2D eigenvalue weighted by atomic mass is 14.9. The number of benzene rings is 1. The molecule has 1 aliphatic carbocycles. The lowest BCUT2D eigenvalue weighted by atomic mass is 9.74. The number of aryl methyl sites for hydroxylation is 1. The molecule has 0 aromatic heterocycles. The fourth-order valence-corrected chi connectivity index (χ4v) is 3.55. The lowest BCUT2D eigenvalue weighted by molar-refractivity contribution is 0.205. The number of hydrogen-bond donors (Lipinski definition) is 1. The van der Waals surface area contributed by atoms with Crippen LogP contribution in [-0.4, -0.2) is 13.1 Å². The largest absolute Gasteiger partial charge is 0.317 e. The van der Waals surface area contributed by atoms with Crippen LogP contribution in [0, 0.1) is 11.8 Å². The Morgan fingerprint density at radius 1 is 1.05 bits per heavy atom. The van der Waals surface area contributed by atoms with E-state index in [0.717, 1.165) is 18.3 Å². The summed E-state index contributed by atoms with van der Waals surface area (Å²) >= 11 is 0. The van der Waals surface area contributed by atoms with E-state index in [1.165, 1.54) is 43.2 Å². The Hall–Kier alpha value is -0.820. The van der Waals surface area contributed by atoms with Crippen molar-refractivity contribution in [2.24, 2.45) is 11.8 Å². The summed E-state index contributed by atoms with van der Waals surface area (Å²) in [4.78, 5) is 0. The molecule has 1 saturated carbocycles. The van der Waals surface area contributed by atoms with Crippen molar-refractivity contribution >= 4 is 0 Å². The third-order valence-corrected chi connectivity index (χ3v) is 4.97. The minimum absolute atomic E-state index is 0.716. The standard InChI is InChI=1S/C18H29N/c1-4-14-6-8-16(9-7-14)13-17-12-15(5-2)10-11-18(17)19-3/h6-9,15,17-19H,4-5,10-13H2,1-3H3. The second-order valence-electron chi connectivity index (χ2n) is 6.12. The molecule has 3 atom stereocenters. The van der Waals surface area contributed by atoms with Crippen LogP contribution >= 0.6 is 0 Å². The van der Waals surface area contributed by atoms with Gasteiger partial charge in [0.1, 0.15) is 0 Å². The Balaban J connectivity index is 2.01. The molecule has 2 rings (SSSR count). The summed E-state index contributed by atoms with van der Waals surface area (Å²) < 4.78 is 0. The highest BCUT2D eigenvalue weighted by molar-refractivity contribution is 5.23. The van der Waals surface area contributed by atoms with Gasteiger partial charge in [-0.1, -0.05) is 44.5 Å². The first-order chi connectivity index (χ1) is 9.26. The SMILES string of the molecule is CCc1ccc(CC2CC(CC)CCC2NC)cc1. The van der Waals surface area contributed by atoms with Gasteiger partial charge in [-0.2, -0.15) is 0 Å². The van der Waals surface area contributed by atoms with Gasteiger partial charge in [0, 0.05) is 6.04 Å². The van der Waals surface area contributed by atoms with Gasteiger partial charge in [0.25, 0.3) is 0 Å². The Morgan fingerprint density at radius 2 is 1.74 bits per heavy atom. The Morgan fingerprint density at radius 3 is 2.32 bits per heavy atom. The summed E-state index contributed by atoms with van der Waals surface area (Å²) in [6.07, 6.45) is 7.89. The molecule has 0 heterocycles. The van der Waals surface area contributed by atoms with Gasteiger partial charge in [-0.3, -0.25) is 0 Å². The van der Waals surface area contributed by atoms with E-state index in [4.69, 9.17) is 0 Å². The molecular formula is C18H29N. The van der Waals surface area contributed by atoms with Gasteiger partial charge in [-0.25, -0.2) is 0 Å². The zero-order valence-corrected chi connectivity index (χ0v) is 12.8. The van der Waals surface area contributed by atoms with Gasteiger partial charge in [0.15, 0.2) is 0 Å². The number of hydrogen-bond acceptors (Lipinski definition) is 1. The maximum absolute atomic E-state index is 3.54. The van der Waals surface area contributed by atoms with Gasteiger partial charge in [-0.05, 0) is 62.1 Å². The van der Waals surface area contributed by atoms with Crippen LogP contribution in [0.15, 0.2) is 24.3 Å². The lowest BCUT2D eigenvalue weighted by Gasteiger charge is -2.36. The van der Waals surface area contributed by atoms with Crippen LogP contribution in [0.2, 0.25) is 0 Å². The van der Waals surface area contributed by atoms with Crippen molar-refractivity contribution in [1.29, 1.82) is 0 Å². The molecule has 1 nitrogen and oxygen atoms in total. The fraction of sp³-hybridized carbons (Fsp3) is 0.667. The average molecular weight is 259 g/mol. The highest BCUT2D eigenvalue weighted by Crippen LogP contribution is 2.33. The number of nitrogens with one attached hydrogen (secondary N) is 1. The summed E-state index contributed by atoms with van der Waals surface area (Å²) in [7, 11) is 2.13. The normalized spacial score (nSPS) is 27.4. The third-order valence-electron chi connectivity index (χ3n) is 4.97. The van der Waals surface area contributed by atoms with E-state index in [0.29, 0.717) is 6.04 Å². The van der Waals surface area contributed by atoms with Crippen LogP contribution in [0.4, 0.5) is 0 Å². The van der Waals surface area contributed by atoms with Crippen LogP contribution in [0.3, 0.4) is 0 Å². The van der Waals surface area contributed by atoms with Gasteiger partial charge < -0.3 is 5.32 Å². The van der Waals surface area contributed by atoms with Crippen molar-refractivity contribution in [1.82, 2.24) is 5.32 Å². The maximum atomic E-state index is 3.54. The second-order valence-corrected chi connectivity index (χ2v) is 6.12. The molecule has 1 N–H and O–H groups in total. The predicted octanol–water partition coefficient (Wildman–Crippen LogP) is 4.21. The molecule has 0 amide bonds. The third kappa shape index (κ3) is 3.82. The van der Waals surface area contributed by atoms with Crippen molar-refractivity contribution in [2.45, 2.75) is 58.4 Å². The zero-order chi connectivity index (χ0) is 13.7. The maximum Gasteiger partial charge on any atom is 0.00957 e. The minimum Gasteiger partial charge on any atom is -0.317 e. The molecule has 19 heavy (non-hydrogen) atoms. The van der Waals surface area contributed by atoms with E-state index < -0.39 is 0 Å². The summed E-state index contributed by atoms with van der Waals surface area (Å²) in [6, 6.07) is 9.98. The molecule has 106 valence electrons. The molecule has 3 unspecified atom stereocenters. The van der Waals surface area contributed by atoms with Gasteiger partial charge in [0.05, 0.1) is 0 Å². The highest BCUT2D eigenvalue weighted by Gasteiger charge is 2.28. The van der Waals surface area contributed by atoms with Crippen molar-refractivity contribution in [3.05, 3.63) is 35.4 Å². The van der Waals surface area contributed by atoms with Crippen LogP contribution in [0.5, 0.6) is 0 Å². The van der Waals surface area contributed by atoms with Crippen LogP contribution < -0.4 is 5.32 Å². The first-order valence-electron chi connectivity index (χ1n) is 8.01. The Bertz CT molecular complexity index is 368. The Labute approximate surface area is 118 Å². The smallest absolute Gasteiger partial charge is 0.00957 e. The van der Waals surface area contributed by atoms with Crippen molar-refractivity contribution < 1.29 is 0 Å². The van der Waals surface area contributed by atoms with E-state index >= 15 is 0 Å². The molecule has 0 spiro atoms. The summed E-state index contributed by atoms with van der Waals surface area (Å²) in [5.74, 6) is 1.76. The molecule has 1 aromatic rings. The summed E-state index contributed by atoms with van der Waals surface area (Å²) in [6.45, 7) is 4.57. The van der Waals surface area contributed by atoms with Crippen LogP contribution in [0.25, 0.3) is 0 Å². The van der Waals surface area contributed by atoms with Crippen LogP contribution in [-0.2, 0) is 12.8 Å². The van der Waals surface area contributed by atoms with E-state index in [1.807, 2.05) is 0 Å². The Kier molecular flexibility index (Phi) is 5.45. The van der Waals surface area contributed by atoms with Gasteiger partial charge in [0.2, 0.25) is 0 Å². The molecule has 0 aliphatic heterocycles. The van der Waals surface area contributed by atoms with Crippen molar-refractivity contribution in [3.8, 4) is 0 Å². The van der Waals surface area contributed by atoms with Gasteiger partial charge in [-0.15, -0.1) is 0 Å². The topological polar surface area (TPSA) is 12.0 Å². The fourth-order valence-electron chi connectivity index (χ4n) is 3.55. The first-order valence-corrected chi connectivity index (χ1v) is 8.01. The quantitative estimate of drug-likeness (QED) is 0.835. The molecule has 1 heteroatoms. The van der Waals surface area contributed by atoms with Crippen molar-refractivity contribution in [2.75, 3.05) is 7.05 Å². The number of rotatable bonds is 5. The summed E-state index contributed by atoms with van der Waals surface area (Å²) in [5, 5.41) is 3.54. The molecule has 0 saturated heterocycles. The van der Waals surface area contributed by atoms with E-state index in [2.05, 4.69) is 50.5 Å². The van der Waals surface area contributed by atoms with E-state index in [1.54, 1.807) is 0 Å². The monoisotopic (exact) mass is 259 g/mol. The molecule has 1 aliphatic rings. The molecule has 1 aromatic carbocycles. The first kappa shape index (κ1) is 14.6. The van der Waals surface area contributed by atoms with Gasteiger partial charge >= 0.3 is 0 Å². The molecule has 0 radical (unpaired) electrons. The molecule has 0 bridgehead atoms. The molecule has 1 fully saturated rings. The predicted molar refractivity (Wildman–Crippen MR) is 83.5 cm³/mol. The van der Waals surface area contributed by atoms with Crippen LogP contribution in [0.1, 0.15) is 50.7 Å². The molecular weight excluding hydrogens is 230 g/mol. The van der Waals surface area contributed by atoms with Crippen molar-refractivity contribution in [3.63, 3.8) is 0 Å². The summed E-state index contributed by atoms with van der Waals surface area (Å²) in [5.41, 5.74) is 2.96. The minimum atomic E-state index is 0.716. The second kappa shape index (κ2) is 7.09. The average Bonchev–Trinajstić information content (AvgIpc) is 2.48.